The normalized spacial score (nSPS) is 13.9. The van der Waals surface area contributed by atoms with Crippen molar-refractivity contribution in [3.8, 4) is 0 Å². The molecule has 0 aliphatic rings. The van der Waals surface area contributed by atoms with E-state index in [4.69, 9.17) is 23.3 Å². The highest BCUT2D eigenvalue weighted by Crippen LogP contribution is 2.43. The van der Waals surface area contributed by atoms with E-state index in [-0.39, 0.29) is 25.9 Å². The molecule has 3 atom stereocenters. The summed E-state index contributed by atoms with van der Waals surface area (Å²) in [7, 11) is -4.77. The second-order valence-electron chi connectivity index (χ2n) is 20.1. The molecule has 0 saturated carbocycles. The molecule has 2 N–H and O–H groups in total. The Balaban J connectivity index is 4.75. The largest absolute Gasteiger partial charge is 0.472 e. The molecular formula is C64H111O11P. The van der Waals surface area contributed by atoms with Crippen molar-refractivity contribution >= 4 is 25.7 Å². The van der Waals surface area contributed by atoms with Gasteiger partial charge in [-0.1, -0.05) is 241 Å². The van der Waals surface area contributed by atoms with Gasteiger partial charge in [0.05, 0.1) is 19.8 Å². The van der Waals surface area contributed by atoms with E-state index in [1.165, 1.54) is 96.3 Å². The van der Waals surface area contributed by atoms with Crippen LogP contribution in [-0.2, 0) is 42.2 Å². The van der Waals surface area contributed by atoms with Gasteiger partial charge in [0.1, 0.15) is 12.7 Å². The zero-order valence-electron chi connectivity index (χ0n) is 48.5. The Kier molecular flexibility index (Phi) is 55.3. The Morgan fingerprint density at radius 1 is 0.382 bits per heavy atom. The number of allylic oxidation sites excluding steroid dienone is 14. The number of rotatable bonds is 56. The van der Waals surface area contributed by atoms with E-state index in [1.54, 1.807) is 0 Å². The Bertz CT molecular complexity index is 1600. The van der Waals surface area contributed by atoms with Crippen LogP contribution in [0.2, 0.25) is 0 Å². The highest BCUT2D eigenvalue weighted by molar-refractivity contribution is 7.47. The Hall–Kier alpha value is -3.34. The summed E-state index contributed by atoms with van der Waals surface area (Å²) in [5.41, 5.74) is 0. The van der Waals surface area contributed by atoms with Gasteiger partial charge in [-0.15, -0.1) is 0 Å². The topological polar surface area (TPSA) is 155 Å². The molecule has 438 valence electrons. The van der Waals surface area contributed by atoms with Gasteiger partial charge in [0, 0.05) is 19.3 Å². The number of carbonyl (C=O) groups is 3. The molecule has 0 aromatic rings. The van der Waals surface area contributed by atoms with E-state index >= 15 is 0 Å². The standard InChI is InChI=1S/C64H111O11P/c1-4-7-10-13-16-19-22-25-28-30-33-35-38-41-44-47-50-53-62(66)71-57-61(75-64(68)55-52-49-46-43-40-37-34-31-29-26-23-20-17-14-11-8-5-2)59-73-76(69,70)72-58-60(56-65)74-63(67)54-51-48-45-42-39-36-32-27-24-21-18-15-12-9-6-3/h7,9-10,12,16,18-19,21,25,27-28,32,39,42,60-61,65H,4-6,8,11,13-15,17,20,22-24,26,29-31,33-38,40-41,43-59H2,1-3H3,(H,69,70)/b10-7-,12-9-,19-16-,21-18-,28-25-,32-27-,42-39-. The van der Waals surface area contributed by atoms with Crippen LogP contribution in [-0.4, -0.2) is 66.5 Å². The van der Waals surface area contributed by atoms with Gasteiger partial charge in [-0.2, -0.15) is 0 Å². The number of carbonyl (C=O) groups excluding carboxylic acids is 3. The Morgan fingerprint density at radius 3 is 1.08 bits per heavy atom. The molecule has 0 heterocycles. The molecule has 0 saturated heterocycles. The van der Waals surface area contributed by atoms with Crippen LogP contribution in [0.1, 0.15) is 265 Å². The monoisotopic (exact) mass is 1090 g/mol. The second kappa shape index (κ2) is 57.8. The maximum atomic E-state index is 12.9. The number of hydrogen-bond acceptors (Lipinski definition) is 10. The number of unbranched alkanes of at least 4 members (excludes halogenated alkanes) is 25. The van der Waals surface area contributed by atoms with E-state index < -0.39 is 57.8 Å². The fraction of sp³-hybridized carbons (Fsp3) is 0.734. The first-order valence-corrected chi connectivity index (χ1v) is 32.0. The van der Waals surface area contributed by atoms with Crippen LogP contribution >= 0.6 is 7.82 Å². The van der Waals surface area contributed by atoms with Crippen LogP contribution in [0.15, 0.2) is 85.1 Å². The van der Waals surface area contributed by atoms with E-state index in [0.717, 1.165) is 109 Å². The van der Waals surface area contributed by atoms with Crippen LogP contribution < -0.4 is 0 Å². The second-order valence-corrected chi connectivity index (χ2v) is 21.6. The predicted molar refractivity (Wildman–Crippen MR) is 316 cm³/mol. The molecule has 0 rings (SSSR count). The number of phosphoric ester groups is 1. The van der Waals surface area contributed by atoms with Gasteiger partial charge >= 0.3 is 25.7 Å². The minimum atomic E-state index is -4.77. The van der Waals surface area contributed by atoms with Crippen molar-refractivity contribution in [2.75, 3.05) is 26.4 Å². The van der Waals surface area contributed by atoms with Gasteiger partial charge in [0.25, 0.3) is 0 Å². The molecule has 3 unspecified atom stereocenters. The first-order chi connectivity index (χ1) is 37.2. The summed E-state index contributed by atoms with van der Waals surface area (Å²) in [6.07, 6.45) is 66.8. The van der Waals surface area contributed by atoms with Crippen molar-refractivity contribution in [1.82, 2.24) is 0 Å². The van der Waals surface area contributed by atoms with Gasteiger partial charge in [-0.25, -0.2) is 4.57 Å². The van der Waals surface area contributed by atoms with Crippen molar-refractivity contribution < 1.29 is 52.2 Å². The van der Waals surface area contributed by atoms with Gasteiger partial charge < -0.3 is 24.2 Å². The van der Waals surface area contributed by atoms with Crippen molar-refractivity contribution in [2.24, 2.45) is 0 Å². The van der Waals surface area contributed by atoms with Gasteiger partial charge in [0.15, 0.2) is 6.10 Å². The van der Waals surface area contributed by atoms with E-state index in [0.29, 0.717) is 19.3 Å². The Morgan fingerprint density at radius 2 is 0.684 bits per heavy atom. The lowest BCUT2D eigenvalue weighted by molar-refractivity contribution is -0.161. The smallest absolute Gasteiger partial charge is 0.462 e. The lowest BCUT2D eigenvalue weighted by Gasteiger charge is -2.21. The third-order valence-electron chi connectivity index (χ3n) is 12.8. The molecular weight excluding hydrogens is 976 g/mol. The molecule has 11 nitrogen and oxygen atoms in total. The van der Waals surface area contributed by atoms with Crippen LogP contribution in [0.3, 0.4) is 0 Å². The molecule has 0 aromatic heterocycles. The van der Waals surface area contributed by atoms with Crippen molar-refractivity contribution in [3.05, 3.63) is 85.1 Å². The highest BCUT2D eigenvalue weighted by atomic mass is 31.2. The summed E-state index contributed by atoms with van der Waals surface area (Å²) in [6.45, 7) is 4.39. The van der Waals surface area contributed by atoms with E-state index in [1.807, 2.05) is 0 Å². The maximum Gasteiger partial charge on any atom is 0.472 e. The summed E-state index contributed by atoms with van der Waals surface area (Å²) >= 11 is 0. The minimum Gasteiger partial charge on any atom is -0.462 e. The summed E-state index contributed by atoms with van der Waals surface area (Å²) < 4.78 is 39.6. The summed E-state index contributed by atoms with van der Waals surface area (Å²) in [5.74, 6) is -1.51. The SMILES string of the molecule is CC/C=C\C/C=C\C/C=C\C/C=C\CCCCC(=O)OC(CO)COP(=O)(O)OCC(COC(=O)CCCCCCCCC/C=C\C/C=C\C/C=C\CC)OC(=O)CCCCCCCCCCCCCCCCCCC. The van der Waals surface area contributed by atoms with Gasteiger partial charge in [0.2, 0.25) is 0 Å². The maximum absolute atomic E-state index is 12.9. The molecule has 12 heteroatoms. The molecule has 0 amide bonds. The average Bonchev–Trinajstić information content (AvgIpc) is 3.41. The molecule has 0 aliphatic carbocycles. The molecule has 0 radical (unpaired) electrons. The molecule has 0 spiro atoms. The van der Waals surface area contributed by atoms with Gasteiger partial charge in [-0.3, -0.25) is 23.4 Å². The van der Waals surface area contributed by atoms with Gasteiger partial charge in [-0.05, 0) is 89.9 Å². The fourth-order valence-electron chi connectivity index (χ4n) is 8.25. The number of aliphatic hydroxyl groups excluding tert-OH is 1. The number of ether oxygens (including phenoxy) is 3. The van der Waals surface area contributed by atoms with Crippen LogP contribution in [0, 0.1) is 0 Å². The number of esters is 3. The Labute approximate surface area is 464 Å². The molecule has 0 aliphatic heterocycles. The minimum absolute atomic E-state index is 0.123. The zero-order valence-corrected chi connectivity index (χ0v) is 49.3. The van der Waals surface area contributed by atoms with Crippen molar-refractivity contribution in [1.29, 1.82) is 0 Å². The summed E-state index contributed by atoms with van der Waals surface area (Å²) in [6, 6.07) is 0. The first-order valence-electron chi connectivity index (χ1n) is 30.5. The fourth-order valence-corrected chi connectivity index (χ4v) is 9.03. The van der Waals surface area contributed by atoms with Crippen LogP contribution in [0.4, 0.5) is 0 Å². The van der Waals surface area contributed by atoms with E-state index in [2.05, 4.69) is 106 Å². The molecule has 0 bridgehead atoms. The van der Waals surface area contributed by atoms with Crippen molar-refractivity contribution in [2.45, 2.75) is 277 Å². The molecule has 0 fully saturated rings. The molecule has 76 heavy (non-hydrogen) atoms. The number of aliphatic hydroxyl groups is 1. The van der Waals surface area contributed by atoms with E-state index in [9.17, 15) is 28.9 Å². The van der Waals surface area contributed by atoms with Crippen LogP contribution in [0.5, 0.6) is 0 Å². The summed E-state index contributed by atoms with van der Waals surface area (Å²) in [5, 5.41) is 9.82. The average molecular weight is 1090 g/mol. The number of phosphoric acid groups is 1. The van der Waals surface area contributed by atoms with Crippen molar-refractivity contribution in [3.63, 3.8) is 0 Å². The zero-order chi connectivity index (χ0) is 55.5. The predicted octanol–water partition coefficient (Wildman–Crippen LogP) is 18.3. The highest BCUT2D eigenvalue weighted by Gasteiger charge is 2.28. The quantitative estimate of drug-likeness (QED) is 0.0197. The summed E-state index contributed by atoms with van der Waals surface area (Å²) in [4.78, 5) is 48.6. The molecule has 0 aromatic carbocycles. The lowest BCUT2D eigenvalue weighted by Crippen LogP contribution is -2.30. The third-order valence-corrected chi connectivity index (χ3v) is 13.8. The van der Waals surface area contributed by atoms with Crippen LogP contribution in [0.25, 0.3) is 0 Å². The first kappa shape index (κ1) is 72.7. The third kappa shape index (κ3) is 55.4. The lowest BCUT2D eigenvalue weighted by atomic mass is 10.0. The number of hydrogen-bond donors (Lipinski definition) is 2.